The van der Waals surface area contributed by atoms with E-state index in [1.54, 1.807) is 0 Å². The van der Waals surface area contributed by atoms with Crippen molar-refractivity contribution >= 4 is 0 Å². The Bertz CT molecular complexity index is 483. The van der Waals surface area contributed by atoms with Crippen molar-refractivity contribution in [3.63, 3.8) is 0 Å². The van der Waals surface area contributed by atoms with Crippen LogP contribution in [0.5, 0.6) is 0 Å². The molecule has 17 heavy (non-hydrogen) atoms. The maximum Gasteiger partial charge on any atom is 0.170 e. The highest BCUT2D eigenvalue weighted by molar-refractivity contribution is 5.46. The predicted octanol–water partition coefficient (Wildman–Crippen LogP) is 1.39. The van der Waals surface area contributed by atoms with Gasteiger partial charge in [-0.25, -0.2) is 0 Å². The monoisotopic (exact) mass is 231 g/mol. The second kappa shape index (κ2) is 5.05. The second-order valence-corrected chi connectivity index (χ2v) is 4.03. The predicted molar refractivity (Wildman–Crippen MR) is 66.0 cm³/mol. The summed E-state index contributed by atoms with van der Waals surface area (Å²) in [5.74, 6) is 0.837. The number of hydrogen-bond acceptors (Lipinski definition) is 4. The van der Waals surface area contributed by atoms with Gasteiger partial charge in [-0.2, -0.15) is 4.68 Å². The van der Waals surface area contributed by atoms with E-state index >= 15 is 0 Å². The van der Waals surface area contributed by atoms with Gasteiger partial charge >= 0.3 is 0 Å². The molecule has 0 unspecified atom stereocenters. The van der Waals surface area contributed by atoms with E-state index in [1.165, 1.54) is 11.1 Å². The Labute approximate surface area is 101 Å². The first-order chi connectivity index (χ1) is 8.24. The standard InChI is InChI=1S/C12H17N5/c1-4-13-8-11-14-15-16-17(11)12-9(2)6-5-7-10(12)3/h5-7,13H,4,8H2,1-3H3. The summed E-state index contributed by atoms with van der Waals surface area (Å²) in [7, 11) is 0. The fraction of sp³-hybridized carbons (Fsp3) is 0.417. The highest BCUT2D eigenvalue weighted by atomic mass is 15.5. The molecule has 0 bridgehead atoms. The van der Waals surface area contributed by atoms with Gasteiger partial charge in [0, 0.05) is 0 Å². The van der Waals surface area contributed by atoms with Crippen LogP contribution in [0.15, 0.2) is 18.2 Å². The molecule has 0 aliphatic heterocycles. The molecule has 5 heteroatoms. The van der Waals surface area contributed by atoms with E-state index < -0.39 is 0 Å². The SMILES string of the molecule is CCNCc1nnnn1-c1c(C)cccc1C. The summed E-state index contributed by atoms with van der Waals surface area (Å²) in [6.45, 7) is 7.78. The van der Waals surface area contributed by atoms with Gasteiger partial charge in [0.1, 0.15) is 0 Å². The normalized spacial score (nSPS) is 10.8. The third kappa shape index (κ3) is 2.34. The van der Waals surface area contributed by atoms with Crippen LogP contribution in [0.25, 0.3) is 5.69 Å². The molecule has 1 N–H and O–H groups in total. The number of aromatic nitrogens is 4. The number of nitrogens with zero attached hydrogens (tertiary/aromatic N) is 4. The highest BCUT2D eigenvalue weighted by Crippen LogP contribution is 2.18. The zero-order chi connectivity index (χ0) is 12.3. The minimum Gasteiger partial charge on any atom is -0.310 e. The zero-order valence-corrected chi connectivity index (χ0v) is 10.4. The summed E-state index contributed by atoms with van der Waals surface area (Å²) in [5.41, 5.74) is 3.43. The number of nitrogens with one attached hydrogen (secondary N) is 1. The molecule has 1 aromatic carbocycles. The molecule has 0 radical (unpaired) electrons. The first kappa shape index (κ1) is 11.7. The van der Waals surface area contributed by atoms with Gasteiger partial charge in [-0.05, 0) is 41.9 Å². The highest BCUT2D eigenvalue weighted by Gasteiger charge is 2.11. The minimum atomic E-state index is 0.678. The molecule has 1 aromatic heterocycles. The lowest BCUT2D eigenvalue weighted by Crippen LogP contribution is -2.17. The number of rotatable bonds is 4. The van der Waals surface area contributed by atoms with Crippen molar-refractivity contribution < 1.29 is 0 Å². The van der Waals surface area contributed by atoms with Crippen LogP contribution in [0.1, 0.15) is 23.9 Å². The Kier molecular flexibility index (Phi) is 3.49. The zero-order valence-electron chi connectivity index (χ0n) is 10.4. The van der Waals surface area contributed by atoms with Crippen molar-refractivity contribution in [3.8, 4) is 5.69 Å². The Balaban J connectivity index is 2.43. The maximum absolute atomic E-state index is 4.08. The summed E-state index contributed by atoms with van der Waals surface area (Å²) in [6.07, 6.45) is 0. The average molecular weight is 231 g/mol. The van der Waals surface area contributed by atoms with Gasteiger partial charge in [0.2, 0.25) is 0 Å². The molecule has 0 amide bonds. The van der Waals surface area contributed by atoms with Crippen LogP contribution in [0.2, 0.25) is 0 Å². The lowest BCUT2D eigenvalue weighted by Gasteiger charge is -2.10. The van der Waals surface area contributed by atoms with E-state index in [0.717, 1.165) is 18.1 Å². The third-order valence-electron chi connectivity index (χ3n) is 2.72. The van der Waals surface area contributed by atoms with E-state index in [-0.39, 0.29) is 0 Å². The number of benzene rings is 1. The lowest BCUT2D eigenvalue weighted by atomic mass is 10.1. The molecule has 2 rings (SSSR count). The first-order valence-corrected chi connectivity index (χ1v) is 5.78. The average Bonchev–Trinajstić information content (AvgIpc) is 2.74. The van der Waals surface area contributed by atoms with E-state index in [2.05, 4.69) is 53.7 Å². The molecule has 1 heterocycles. The topological polar surface area (TPSA) is 55.6 Å². The van der Waals surface area contributed by atoms with Crippen molar-refractivity contribution in [3.05, 3.63) is 35.2 Å². The summed E-state index contributed by atoms with van der Waals surface area (Å²) < 4.78 is 1.81. The molecule has 0 saturated heterocycles. The van der Waals surface area contributed by atoms with Crippen LogP contribution < -0.4 is 5.32 Å². The van der Waals surface area contributed by atoms with Crippen LogP contribution in [-0.4, -0.2) is 26.8 Å². The van der Waals surface area contributed by atoms with Crippen molar-refractivity contribution in [2.24, 2.45) is 0 Å². The fourth-order valence-corrected chi connectivity index (χ4v) is 1.87. The molecular formula is C12H17N5. The van der Waals surface area contributed by atoms with Gasteiger partial charge in [-0.3, -0.25) is 0 Å². The fourth-order valence-electron chi connectivity index (χ4n) is 1.87. The number of hydrogen-bond donors (Lipinski definition) is 1. The Morgan fingerprint density at radius 3 is 2.59 bits per heavy atom. The smallest absolute Gasteiger partial charge is 0.170 e. The van der Waals surface area contributed by atoms with Gasteiger partial charge in [0.15, 0.2) is 5.82 Å². The van der Waals surface area contributed by atoms with Gasteiger partial charge < -0.3 is 5.32 Å². The first-order valence-electron chi connectivity index (χ1n) is 5.78. The van der Waals surface area contributed by atoms with Gasteiger partial charge in [-0.1, -0.05) is 25.1 Å². The third-order valence-corrected chi connectivity index (χ3v) is 2.72. The maximum atomic E-state index is 4.08. The molecule has 0 saturated carbocycles. The van der Waals surface area contributed by atoms with Crippen molar-refractivity contribution in [1.82, 2.24) is 25.5 Å². The number of para-hydroxylation sites is 1. The van der Waals surface area contributed by atoms with Crippen LogP contribution in [0.4, 0.5) is 0 Å². The van der Waals surface area contributed by atoms with E-state index in [9.17, 15) is 0 Å². The van der Waals surface area contributed by atoms with Crippen LogP contribution in [0, 0.1) is 13.8 Å². The van der Waals surface area contributed by atoms with Gasteiger partial charge in [0.05, 0.1) is 12.2 Å². The number of tetrazole rings is 1. The molecular weight excluding hydrogens is 214 g/mol. The van der Waals surface area contributed by atoms with Crippen LogP contribution in [0.3, 0.4) is 0 Å². The quantitative estimate of drug-likeness (QED) is 0.864. The Morgan fingerprint density at radius 1 is 1.24 bits per heavy atom. The van der Waals surface area contributed by atoms with Crippen LogP contribution in [-0.2, 0) is 6.54 Å². The molecule has 0 aliphatic carbocycles. The summed E-state index contributed by atoms with van der Waals surface area (Å²) in [6, 6.07) is 6.19. The molecule has 0 atom stereocenters. The summed E-state index contributed by atoms with van der Waals surface area (Å²) in [5, 5.41) is 15.1. The van der Waals surface area contributed by atoms with E-state index in [0.29, 0.717) is 6.54 Å². The van der Waals surface area contributed by atoms with Gasteiger partial charge in [0.25, 0.3) is 0 Å². The van der Waals surface area contributed by atoms with Crippen molar-refractivity contribution in [2.45, 2.75) is 27.3 Å². The molecule has 5 nitrogen and oxygen atoms in total. The molecule has 0 spiro atoms. The lowest BCUT2D eigenvalue weighted by molar-refractivity contribution is 0.661. The molecule has 0 aliphatic rings. The summed E-state index contributed by atoms with van der Waals surface area (Å²) >= 11 is 0. The Hall–Kier alpha value is -1.75. The Morgan fingerprint density at radius 2 is 1.94 bits per heavy atom. The number of aryl methyl sites for hydroxylation is 2. The van der Waals surface area contributed by atoms with Crippen molar-refractivity contribution in [1.29, 1.82) is 0 Å². The molecule has 90 valence electrons. The van der Waals surface area contributed by atoms with Crippen molar-refractivity contribution in [2.75, 3.05) is 6.54 Å². The van der Waals surface area contributed by atoms with E-state index in [4.69, 9.17) is 0 Å². The summed E-state index contributed by atoms with van der Waals surface area (Å²) in [4.78, 5) is 0. The molecule has 2 aromatic rings. The van der Waals surface area contributed by atoms with E-state index in [1.807, 2.05) is 10.7 Å². The molecule has 0 fully saturated rings. The largest absolute Gasteiger partial charge is 0.310 e. The minimum absolute atomic E-state index is 0.678. The van der Waals surface area contributed by atoms with Gasteiger partial charge in [-0.15, -0.1) is 5.10 Å². The van der Waals surface area contributed by atoms with Crippen LogP contribution >= 0.6 is 0 Å². The second-order valence-electron chi connectivity index (χ2n) is 4.03.